The molecule has 2 rings (SSSR count). The van der Waals surface area contributed by atoms with E-state index in [4.69, 9.17) is 14.0 Å². The maximum atomic E-state index is 11.6. The molecule has 0 saturated heterocycles. The maximum Gasteiger partial charge on any atom is 0.338 e. The Morgan fingerprint density at radius 1 is 1.33 bits per heavy atom. The van der Waals surface area contributed by atoms with Crippen LogP contribution in [-0.2, 0) is 9.47 Å². The number of carbonyl (C=O) groups is 1. The fourth-order valence-electron chi connectivity index (χ4n) is 1.75. The van der Waals surface area contributed by atoms with E-state index in [1.54, 1.807) is 52.0 Å². The number of nitrogens with zero attached hydrogens (tertiary/aromatic N) is 3. The summed E-state index contributed by atoms with van der Waals surface area (Å²) in [6.45, 7) is 7.28. The highest BCUT2D eigenvalue weighted by molar-refractivity contribution is 5.89. The zero-order chi connectivity index (χ0) is 17.7. The van der Waals surface area contributed by atoms with Gasteiger partial charge in [0.15, 0.2) is 6.08 Å². The average molecular weight is 333 g/mol. The largest absolute Gasteiger partial charge is 0.594 e. The van der Waals surface area contributed by atoms with Crippen molar-refractivity contribution in [2.45, 2.75) is 33.3 Å². The van der Waals surface area contributed by atoms with E-state index in [0.29, 0.717) is 17.9 Å². The second kappa shape index (κ2) is 7.12. The van der Waals surface area contributed by atoms with Gasteiger partial charge in [-0.05, 0) is 23.7 Å². The van der Waals surface area contributed by atoms with Crippen molar-refractivity contribution < 1.29 is 28.6 Å². The molecule has 8 nitrogen and oxygen atoms in total. The SMILES string of the molecule is CCOC(=O)c1ccc(-[n+]2cc(/N=C(\[O-])OC(C)(C)C)on2)cc1. The van der Waals surface area contributed by atoms with E-state index >= 15 is 0 Å². The van der Waals surface area contributed by atoms with Crippen molar-refractivity contribution in [2.75, 3.05) is 6.61 Å². The van der Waals surface area contributed by atoms with Crippen molar-refractivity contribution in [1.82, 2.24) is 5.27 Å². The summed E-state index contributed by atoms with van der Waals surface area (Å²) >= 11 is 0. The van der Waals surface area contributed by atoms with Crippen molar-refractivity contribution in [3.63, 3.8) is 0 Å². The quantitative estimate of drug-likeness (QED) is 0.362. The lowest BCUT2D eigenvalue weighted by atomic mass is 10.2. The van der Waals surface area contributed by atoms with Gasteiger partial charge in [0.2, 0.25) is 11.0 Å². The summed E-state index contributed by atoms with van der Waals surface area (Å²) in [5.41, 5.74) is 0.431. The third kappa shape index (κ3) is 4.80. The fourth-order valence-corrected chi connectivity index (χ4v) is 1.75. The van der Waals surface area contributed by atoms with Gasteiger partial charge in [0, 0.05) is 17.7 Å². The van der Waals surface area contributed by atoms with Gasteiger partial charge in [0.05, 0.1) is 12.2 Å². The number of carbonyl (C=O) groups excluding carboxylic acids is 1. The molecule has 1 aromatic carbocycles. The standard InChI is InChI=1S/C16H19N3O5/c1-5-22-14(20)11-6-8-12(9-7-11)19-10-13(24-18-19)17-15(21)23-16(2,3)4/h6-10H,5H2,1-4H3. The van der Waals surface area contributed by atoms with Gasteiger partial charge in [-0.25, -0.2) is 4.79 Å². The van der Waals surface area contributed by atoms with Gasteiger partial charge in [-0.15, -0.1) is 0 Å². The predicted molar refractivity (Wildman–Crippen MR) is 81.9 cm³/mol. The molecule has 0 aliphatic carbocycles. The summed E-state index contributed by atoms with van der Waals surface area (Å²) in [6, 6.07) is 6.57. The van der Waals surface area contributed by atoms with Gasteiger partial charge >= 0.3 is 11.9 Å². The molecule has 0 aliphatic heterocycles. The number of hydrogen-bond acceptors (Lipinski definition) is 7. The average Bonchev–Trinajstić information content (AvgIpc) is 2.94. The third-order valence-corrected chi connectivity index (χ3v) is 2.69. The highest BCUT2D eigenvalue weighted by atomic mass is 16.6. The number of hydrogen-bond donors (Lipinski definition) is 0. The van der Waals surface area contributed by atoms with E-state index in [2.05, 4.69) is 10.3 Å². The summed E-state index contributed by atoms with van der Waals surface area (Å²) in [7, 11) is 0. The Labute approximate surface area is 139 Å². The van der Waals surface area contributed by atoms with Crippen molar-refractivity contribution in [3.05, 3.63) is 36.0 Å². The lowest BCUT2D eigenvalue weighted by Gasteiger charge is -2.28. The normalized spacial score (nSPS) is 12.1. The maximum absolute atomic E-state index is 11.6. The van der Waals surface area contributed by atoms with Crippen LogP contribution in [0.3, 0.4) is 0 Å². The highest BCUT2D eigenvalue weighted by Crippen LogP contribution is 2.12. The molecule has 0 saturated carbocycles. The minimum atomic E-state index is -0.761. The summed E-state index contributed by atoms with van der Waals surface area (Å²) in [6.07, 6.45) is 0.673. The fraction of sp³-hybridized carbons (Fsp3) is 0.375. The van der Waals surface area contributed by atoms with Crippen LogP contribution in [0, 0.1) is 0 Å². The van der Waals surface area contributed by atoms with Crippen LogP contribution in [0.1, 0.15) is 38.1 Å². The molecular formula is C16H19N3O5. The highest BCUT2D eigenvalue weighted by Gasteiger charge is 2.16. The van der Waals surface area contributed by atoms with Crippen LogP contribution in [0.25, 0.3) is 5.69 Å². The first kappa shape index (κ1) is 17.5. The van der Waals surface area contributed by atoms with Crippen LogP contribution >= 0.6 is 0 Å². The third-order valence-electron chi connectivity index (χ3n) is 2.69. The van der Waals surface area contributed by atoms with Gasteiger partial charge in [-0.1, -0.05) is 20.8 Å². The summed E-state index contributed by atoms with van der Waals surface area (Å²) in [5, 5.41) is 15.4. The molecule has 0 fully saturated rings. The summed E-state index contributed by atoms with van der Waals surface area (Å²) in [5.74, 6) is -0.381. The van der Waals surface area contributed by atoms with E-state index in [1.807, 2.05) is 0 Å². The second-order valence-electron chi connectivity index (χ2n) is 5.84. The first-order valence-corrected chi connectivity index (χ1v) is 7.39. The summed E-state index contributed by atoms with van der Waals surface area (Å²) in [4.78, 5) is 15.3. The molecule has 0 aliphatic rings. The van der Waals surface area contributed by atoms with E-state index in [9.17, 15) is 9.90 Å². The Morgan fingerprint density at radius 3 is 2.58 bits per heavy atom. The van der Waals surface area contributed by atoms with Gasteiger partial charge in [0.1, 0.15) is 0 Å². The second-order valence-corrected chi connectivity index (χ2v) is 5.84. The number of aromatic nitrogens is 2. The van der Waals surface area contributed by atoms with Crippen LogP contribution < -0.4 is 9.79 Å². The molecule has 24 heavy (non-hydrogen) atoms. The Hall–Kier alpha value is -2.90. The molecule has 0 N–H and O–H groups in total. The Balaban J connectivity index is 2.13. The minimum absolute atomic E-state index is 0.0127. The Morgan fingerprint density at radius 2 is 2.00 bits per heavy atom. The molecule has 0 amide bonds. The Kier molecular flexibility index (Phi) is 5.18. The molecule has 0 unspecified atom stereocenters. The molecule has 0 radical (unpaired) electrons. The molecule has 2 aromatic rings. The van der Waals surface area contributed by atoms with Crippen molar-refractivity contribution in [1.29, 1.82) is 0 Å². The van der Waals surface area contributed by atoms with E-state index in [1.165, 1.54) is 10.9 Å². The van der Waals surface area contributed by atoms with Crippen LogP contribution in [0.5, 0.6) is 0 Å². The lowest BCUT2D eigenvalue weighted by Crippen LogP contribution is -2.32. The van der Waals surface area contributed by atoms with Gasteiger partial charge in [-0.2, -0.15) is 4.99 Å². The molecule has 0 bridgehead atoms. The number of rotatable bonds is 4. The first-order valence-electron chi connectivity index (χ1n) is 7.39. The molecule has 8 heteroatoms. The number of benzene rings is 1. The predicted octanol–water partition coefficient (Wildman–Crippen LogP) is 1.29. The van der Waals surface area contributed by atoms with Crippen molar-refractivity contribution in [3.8, 4) is 5.69 Å². The molecule has 1 heterocycles. The lowest BCUT2D eigenvalue weighted by molar-refractivity contribution is -0.670. The molecule has 128 valence electrons. The van der Waals surface area contributed by atoms with Crippen LogP contribution in [-0.4, -0.2) is 29.5 Å². The van der Waals surface area contributed by atoms with Crippen molar-refractivity contribution in [2.24, 2.45) is 4.99 Å². The van der Waals surface area contributed by atoms with Crippen LogP contribution in [0.15, 0.2) is 40.0 Å². The van der Waals surface area contributed by atoms with Crippen molar-refractivity contribution >= 4 is 17.9 Å². The molecule has 0 spiro atoms. The zero-order valence-electron chi connectivity index (χ0n) is 14.0. The first-order chi connectivity index (χ1) is 11.3. The summed E-state index contributed by atoms with van der Waals surface area (Å²) < 4.78 is 16.3. The van der Waals surface area contributed by atoms with Gasteiger partial charge < -0.3 is 14.6 Å². The van der Waals surface area contributed by atoms with Gasteiger partial charge in [-0.3, -0.25) is 4.52 Å². The Bertz CT molecular complexity index is 729. The minimum Gasteiger partial charge on any atom is -0.594 e. The smallest absolute Gasteiger partial charge is 0.338 e. The molecule has 0 atom stereocenters. The number of esters is 1. The van der Waals surface area contributed by atoms with E-state index < -0.39 is 17.7 Å². The van der Waals surface area contributed by atoms with Crippen LogP contribution in [0.2, 0.25) is 0 Å². The zero-order valence-corrected chi connectivity index (χ0v) is 14.0. The number of ether oxygens (including phenoxy) is 2. The van der Waals surface area contributed by atoms with Gasteiger partial charge in [0.25, 0.3) is 6.20 Å². The topological polar surface area (TPSA) is 101 Å². The van der Waals surface area contributed by atoms with Crippen LogP contribution in [0.4, 0.5) is 5.88 Å². The van der Waals surface area contributed by atoms with E-state index in [0.717, 1.165) is 0 Å². The van der Waals surface area contributed by atoms with E-state index in [-0.39, 0.29) is 5.88 Å². The number of aliphatic imine (C=N–C) groups is 1. The molecular weight excluding hydrogens is 314 g/mol. The molecule has 1 aromatic heterocycles. The monoisotopic (exact) mass is 333 g/mol.